The molecule has 0 aliphatic carbocycles. The summed E-state index contributed by atoms with van der Waals surface area (Å²) in [6, 6.07) is 5.17. The van der Waals surface area contributed by atoms with Gasteiger partial charge in [-0.2, -0.15) is 0 Å². The van der Waals surface area contributed by atoms with Crippen LogP contribution in [0.3, 0.4) is 0 Å². The van der Waals surface area contributed by atoms with Gasteiger partial charge in [0.15, 0.2) is 11.5 Å². The number of carbonyl (C=O) groups excluding carboxylic acids is 1. The Bertz CT molecular complexity index is 504. The Morgan fingerprint density at radius 3 is 3.05 bits per heavy atom. The molecule has 1 atom stereocenters. The number of hydrogen-bond acceptors (Lipinski definition) is 5. The van der Waals surface area contributed by atoms with E-state index in [1.165, 1.54) is 0 Å². The van der Waals surface area contributed by atoms with Crippen LogP contribution < -0.4 is 9.47 Å². The molecular weight excluding hydrogens is 262 g/mol. The number of fused-ring (bicyclic) bond motifs is 1. The van der Waals surface area contributed by atoms with Gasteiger partial charge in [0, 0.05) is 31.2 Å². The number of amides is 1. The monoisotopic (exact) mass is 279 g/mol. The first-order valence-electron chi connectivity index (χ1n) is 6.65. The Hall–Kier alpha value is -1.79. The molecule has 2 aliphatic heterocycles. The van der Waals surface area contributed by atoms with Crippen molar-refractivity contribution in [3.05, 3.63) is 23.8 Å². The van der Waals surface area contributed by atoms with Gasteiger partial charge in [-0.05, 0) is 18.2 Å². The summed E-state index contributed by atoms with van der Waals surface area (Å²) in [5, 5.41) is 9.26. The molecule has 1 aromatic rings. The average molecular weight is 279 g/mol. The molecule has 1 fully saturated rings. The van der Waals surface area contributed by atoms with Crippen molar-refractivity contribution in [2.45, 2.75) is 0 Å². The second kappa shape index (κ2) is 5.68. The van der Waals surface area contributed by atoms with Gasteiger partial charge < -0.3 is 24.2 Å². The molecule has 6 nitrogen and oxygen atoms in total. The van der Waals surface area contributed by atoms with Crippen molar-refractivity contribution < 1.29 is 24.1 Å². The van der Waals surface area contributed by atoms with Crippen LogP contribution in [0.4, 0.5) is 0 Å². The van der Waals surface area contributed by atoms with Crippen LogP contribution in [0.5, 0.6) is 11.5 Å². The summed E-state index contributed by atoms with van der Waals surface area (Å²) in [4.78, 5) is 14.2. The highest BCUT2D eigenvalue weighted by Gasteiger charge is 2.24. The van der Waals surface area contributed by atoms with Crippen molar-refractivity contribution in [3.8, 4) is 11.5 Å². The van der Waals surface area contributed by atoms with E-state index in [-0.39, 0.29) is 25.2 Å². The van der Waals surface area contributed by atoms with Crippen LogP contribution in [0.25, 0.3) is 0 Å². The fraction of sp³-hybridized carbons (Fsp3) is 0.500. The first kappa shape index (κ1) is 13.2. The van der Waals surface area contributed by atoms with Gasteiger partial charge in [-0.15, -0.1) is 0 Å². The predicted octanol–water partition coefficient (Wildman–Crippen LogP) is 0.496. The number of aliphatic hydroxyl groups excluding tert-OH is 1. The molecule has 0 saturated carbocycles. The maximum atomic E-state index is 12.5. The van der Waals surface area contributed by atoms with E-state index < -0.39 is 0 Å². The maximum absolute atomic E-state index is 12.5. The third-order valence-corrected chi connectivity index (χ3v) is 3.50. The van der Waals surface area contributed by atoms with E-state index in [1.807, 2.05) is 0 Å². The molecule has 1 saturated heterocycles. The summed E-state index contributed by atoms with van der Waals surface area (Å²) in [6.07, 6.45) is 0. The Labute approximate surface area is 116 Å². The van der Waals surface area contributed by atoms with Crippen LogP contribution in [0, 0.1) is 5.92 Å². The van der Waals surface area contributed by atoms with Crippen molar-refractivity contribution in [2.24, 2.45) is 5.92 Å². The Morgan fingerprint density at radius 1 is 1.35 bits per heavy atom. The van der Waals surface area contributed by atoms with E-state index >= 15 is 0 Å². The molecule has 1 aromatic carbocycles. The minimum Gasteiger partial charge on any atom is -0.454 e. The molecule has 0 spiro atoms. The zero-order chi connectivity index (χ0) is 13.9. The van der Waals surface area contributed by atoms with Crippen molar-refractivity contribution >= 4 is 5.91 Å². The largest absolute Gasteiger partial charge is 0.454 e. The molecule has 0 radical (unpaired) electrons. The molecule has 0 aromatic heterocycles. The second-order valence-corrected chi connectivity index (χ2v) is 4.94. The number of aliphatic hydroxyl groups is 1. The lowest BCUT2D eigenvalue weighted by molar-refractivity contribution is 0.0728. The molecule has 2 aliphatic rings. The number of ether oxygens (including phenoxy) is 3. The molecule has 0 bridgehead atoms. The van der Waals surface area contributed by atoms with Gasteiger partial charge in [0.05, 0.1) is 13.2 Å². The fourth-order valence-electron chi connectivity index (χ4n) is 2.39. The highest BCUT2D eigenvalue weighted by atomic mass is 16.7. The summed E-state index contributed by atoms with van der Waals surface area (Å²) >= 11 is 0. The number of carbonyl (C=O) groups is 1. The molecule has 20 heavy (non-hydrogen) atoms. The van der Waals surface area contributed by atoms with E-state index in [9.17, 15) is 9.90 Å². The van der Waals surface area contributed by atoms with Crippen LogP contribution in [0.2, 0.25) is 0 Å². The fourth-order valence-corrected chi connectivity index (χ4v) is 2.39. The summed E-state index contributed by atoms with van der Waals surface area (Å²) in [7, 11) is 0. The first-order valence-corrected chi connectivity index (χ1v) is 6.65. The van der Waals surface area contributed by atoms with Gasteiger partial charge in [-0.3, -0.25) is 4.79 Å². The lowest BCUT2D eigenvalue weighted by atomic mass is 10.1. The normalized spacial score (nSPS) is 21.6. The van der Waals surface area contributed by atoms with Crippen molar-refractivity contribution in [3.63, 3.8) is 0 Å². The molecule has 3 rings (SSSR count). The van der Waals surface area contributed by atoms with Gasteiger partial charge in [0.25, 0.3) is 5.91 Å². The Morgan fingerprint density at radius 2 is 2.20 bits per heavy atom. The molecule has 0 unspecified atom stereocenters. The SMILES string of the molecule is O=C(c1ccc2c(c1)OCO2)N1CCOC[C@H](CO)C1. The van der Waals surface area contributed by atoms with E-state index in [1.54, 1.807) is 23.1 Å². The molecule has 108 valence electrons. The van der Waals surface area contributed by atoms with E-state index in [0.29, 0.717) is 43.4 Å². The lowest BCUT2D eigenvalue weighted by Gasteiger charge is -2.22. The van der Waals surface area contributed by atoms with E-state index in [4.69, 9.17) is 14.2 Å². The molecular formula is C14H17NO5. The van der Waals surface area contributed by atoms with Gasteiger partial charge in [0.2, 0.25) is 6.79 Å². The third-order valence-electron chi connectivity index (χ3n) is 3.50. The van der Waals surface area contributed by atoms with E-state index in [2.05, 4.69) is 0 Å². The van der Waals surface area contributed by atoms with Crippen molar-refractivity contribution in [1.82, 2.24) is 4.90 Å². The molecule has 6 heteroatoms. The summed E-state index contributed by atoms with van der Waals surface area (Å²) in [5.41, 5.74) is 0.563. The Balaban J connectivity index is 1.77. The topological polar surface area (TPSA) is 68.2 Å². The lowest BCUT2D eigenvalue weighted by Crippen LogP contribution is -2.36. The second-order valence-electron chi connectivity index (χ2n) is 4.94. The van der Waals surface area contributed by atoms with Gasteiger partial charge in [-0.1, -0.05) is 0 Å². The smallest absolute Gasteiger partial charge is 0.254 e. The van der Waals surface area contributed by atoms with Crippen molar-refractivity contribution in [2.75, 3.05) is 39.7 Å². The molecule has 1 N–H and O–H groups in total. The maximum Gasteiger partial charge on any atom is 0.254 e. The molecule has 1 amide bonds. The number of rotatable bonds is 2. The summed E-state index contributed by atoms with van der Waals surface area (Å²) < 4.78 is 15.9. The first-order chi connectivity index (χ1) is 9.78. The van der Waals surface area contributed by atoms with E-state index in [0.717, 1.165) is 0 Å². The number of nitrogens with zero attached hydrogens (tertiary/aromatic N) is 1. The van der Waals surface area contributed by atoms with Crippen molar-refractivity contribution in [1.29, 1.82) is 0 Å². The highest BCUT2D eigenvalue weighted by molar-refractivity contribution is 5.95. The number of hydrogen-bond donors (Lipinski definition) is 1. The standard InChI is InChI=1S/C14H17NO5/c16-7-10-6-15(3-4-18-8-10)14(17)11-1-2-12-13(5-11)20-9-19-12/h1-2,5,10,16H,3-4,6-9H2/t10-/m0/s1. The minimum absolute atomic E-state index is 0.0188. The van der Waals surface area contributed by atoms with Crippen LogP contribution in [-0.2, 0) is 4.74 Å². The predicted molar refractivity (Wildman–Crippen MR) is 69.9 cm³/mol. The summed E-state index contributed by atoms with van der Waals surface area (Å²) in [6.45, 7) is 2.23. The Kier molecular flexibility index (Phi) is 3.75. The summed E-state index contributed by atoms with van der Waals surface area (Å²) in [5.74, 6) is 1.15. The highest BCUT2D eigenvalue weighted by Crippen LogP contribution is 2.32. The molecule has 2 heterocycles. The third kappa shape index (κ3) is 2.57. The zero-order valence-corrected chi connectivity index (χ0v) is 11.1. The van der Waals surface area contributed by atoms with Crippen LogP contribution in [0.1, 0.15) is 10.4 Å². The van der Waals surface area contributed by atoms with Gasteiger partial charge in [0.1, 0.15) is 0 Å². The minimum atomic E-state index is -0.0766. The van der Waals surface area contributed by atoms with Crippen LogP contribution in [-0.4, -0.2) is 55.6 Å². The average Bonchev–Trinajstić information content (AvgIpc) is 2.81. The number of benzene rings is 1. The van der Waals surface area contributed by atoms with Gasteiger partial charge >= 0.3 is 0 Å². The quantitative estimate of drug-likeness (QED) is 0.853. The zero-order valence-electron chi connectivity index (χ0n) is 11.1. The van der Waals surface area contributed by atoms with Crippen LogP contribution >= 0.6 is 0 Å². The van der Waals surface area contributed by atoms with Gasteiger partial charge in [-0.25, -0.2) is 0 Å². The van der Waals surface area contributed by atoms with Crippen LogP contribution in [0.15, 0.2) is 18.2 Å².